The highest BCUT2D eigenvalue weighted by molar-refractivity contribution is 7.89. The third-order valence-electron chi connectivity index (χ3n) is 3.33. The summed E-state index contributed by atoms with van der Waals surface area (Å²) >= 11 is 5.78. The Balaban J connectivity index is 2.32. The van der Waals surface area contributed by atoms with Crippen LogP contribution in [0.4, 0.5) is 0 Å². The molecule has 1 aliphatic heterocycles. The second kappa shape index (κ2) is 6.21. The van der Waals surface area contributed by atoms with Crippen LogP contribution in [0.15, 0.2) is 23.1 Å². The van der Waals surface area contributed by atoms with Crippen LogP contribution in [0.3, 0.4) is 0 Å². The predicted molar refractivity (Wildman–Crippen MR) is 77.1 cm³/mol. The third kappa shape index (κ3) is 3.22. The zero-order chi connectivity index (χ0) is 16.5. The summed E-state index contributed by atoms with van der Waals surface area (Å²) in [7, 11) is -2.56. The molecule has 10 heteroatoms. The van der Waals surface area contributed by atoms with Gasteiger partial charge in [0.05, 0.1) is 5.02 Å². The number of nitrogens with zero attached hydrogens (tertiary/aromatic N) is 2. The number of halogens is 1. The largest absolute Gasteiger partial charge is 0.342 e. The molecule has 1 aliphatic rings. The van der Waals surface area contributed by atoms with E-state index in [1.54, 1.807) is 7.05 Å². The van der Waals surface area contributed by atoms with Crippen LogP contribution in [-0.2, 0) is 14.8 Å². The van der Waals surface area contributed by atoms with Crippen LogP contribution in [0.1, 0.15) is 10.4 Å². The van der Waals surface area contributed by atoms with Crippen molar-refractivity contribution in [1.82, 2.24) is 14.7 Å². The Bertz CT molecular complexity index is 721. The van der Waals surface area contributed by atoms with Gasteiger partial charge in [-0.3, -0.25) is 9.59 Å². The van der Waals surface area contributed by atoms with Gasteiger partial charge in [-0.15, -0.1) is 0 Å². The van der Waals surface area contributed by atoms with E-state index < -0.39 is 20.8 Å². The number of hydrogen-bond acceptors (Lipinski definition) is 5. The van der Waals surface area contributed by atoms with Gasteiger partial charge in [0.25, 0.3) is 15.9 Å². The molecule has 1 aromatic carbocycles. The van der Waals surface area contributed by atoms with Gasteiger partial charge in [0.2, 0.25) is 5.91 Å². The Labute approximate surface area is 132 Å². The van der Waals surface area contributed by atoms with E-state index >= 15 is 0 Å². The van der Waals surface area contributed by atoms with E-state index in [-0.39, 0.29) is 23.0 Å². The molecule has 2 N–H and O–H groups in total. The van der Waals surface area contributed by atoms with E-state index in [2.05, 4.69) is 0 Å². The van der Waals surface area contributed by atoms with Crippen LogP contribution in [0.2, 0.25) is 5.02 Å². The fraction of sp³-hybridized carbons (Fsp3) is 0.333. The first-order chi connectivity index (χ1) is 10.3. The summed E-state index contributed by atoms with van der Waals surface area (Å²) in [4.78, 5) is 27.6. The van der Waals surface area contributed by atoms with Crippen molar-refractivity contribution in [3.63, 3.8) is 0 Å². The third-order valence-corrected chi connectivity index (χ3v) is 4.93. The van der Waals surface area contributed by atoms with Crippen molar-refractivity contribution in [2.24, 2.45) is 0 Å². The summed E-state index contributed by atoms with van der Waals surface area (Å²) in [5, 5.41) is 8.54. The Morgan fingerprint density at radius 3 is 2.64 bits per heavy atom. The van der Waals surface area contributed by atoms with Crippen molar-refractivity contribution >= 4 is 33.4 Å². The van der Waals surface area contributed by atoms with Crippen molar-refractivity contribution in [1.29, 1.82) is 0 Å². The molecular weight excluding hydrogens is 334 g/mol. The molecule has 120 valence electrons. The smallest absolute Gasteiger partial charge is 0.263 e. The van der Waals surface area contributed by atoms with Crippen LogP contribution in [-0.4, -0.2) is 61.9 Å². The molecule has 0 aromatic heterocycles. The molecule has 8 nitrogen and oxygen atoms in total. The predicted octanol–water partition coefficient (Wildman–Crippen LogP) is -0.0783. The van der Waals surface area contributed by atoms with Gasteiger partial charge in [-0.05, 0) is 18.2 Å². The highest BCUT2D eigenvalue weighted by atomic mass is 35.5. The number of nitrogens with one attached hydrogen (secondary N) is 1. The Morgan fingerprint density at radius 2 is 2.05 bits per heavy atom. The average molecular weight is 348 g/mol. The van der Waals surface area contributed by atoms with Gasteiger partial charge in [0.15, 0.2) is 0 Å². The van der Waals surface area contributed by atoms with Gasteiger partial charge in [-0.2, -0.15) is 0 Å². The molecule has 0 bridgehead atoms. The number of amides is 2. The first kappa shape index (κ1) is 16.7. The lowest BCUT2D eigenvalue weighted by Gasteiger charge is -2.32. The number of rotatable bonds is 3. The SMILES string of the molecule is CN1CCN(C(=O)c2ccc(Cl)c(S(=O)(=O)NO)c2)CC1=O. The monoisotopic (exact) mass is 347 g/mol. The minimum Gasteiger partial charge on any atom is -0.342 e. The second-order valence-corrected chi connectivity index (χ2v) is 6.82. The van der Waals surface area contributed by atoms with Crippen molar-refractivity contribution in [3.05, 3.63) is 28.8 Å². The number of carbonyl (C=O) groups is 2. The van der Waals surface area contributed by atoms with E-state index in [1.165, 1.54) is 21.9 Å². The van der Waals surface area contributed by atoms with E-state index in [0.717, 1.165) is 11.0 Å². The minimum absolute atomic E-state index is 0.0654. The zero-order valence-electron chi connectivity index (χ0n) is 11.6. The standard InChI is InChI=1S/C12H14ClN3O5S/c1-15-4-5-16(7-11(15)17)12(18)8-2-3-9(13)10(6-8)22(20,21)14-19/h2-3,6,14,19H,4-5,7H2,1H3. The summed E-state index contributed by atoms with van der Waals surface area (Å²) in [6, 6.07) is 3.67. The molecular formula is C12H14ClN3O5S. The van der Waals surface area contributed by atoms with E-state index in [4.69, 9.17) is 16.8 Å². The van der Waals surface area contributed by atoms with Crippen molar-refractivity contribution in [3.8, 4) is 0 Å². The number of benzene rings is 1. The normalized spacial score (nSPS) is 16.0. The first-order valence-electron chi connectivity index (χ1n) is 6.25. The molecule has 22 heavy (non-hydrogen) atoms. The first-order valence-corrected chi connectivity index (χ1v) is 8.11. The Kier molecular flexibility index (Phi) is 4.71. The molecule has 0 atom stereocenters. The molecule has 1 saturated heterocycles. The quantitative estimate of drug-likeness (QED) is 0.744. The lowest BCUT2D eigenvalue weighted by molar-refractivity contribution is -0.133. The maximum absolute atomic E-state index is 12.4. The molecule has 0 aliphatic carbocycles. The molecule has 0 saturated carbocycles. The molecule has 1 fully saturated rings. The second-order valence-electron chi connectivity index (χ2n) is 4.78. The molecule has 0 radical (unpaired) electrons. The molecule has 2 amide bonds. The van der Waals surface area contributed by atoms with Gasteiger partial charge >= 0.3 is 0 Å². The lowest BCUT2D eigenvalue weighted by atomic mass is 10.2. The van der Waals surface area contributed by atoms with Crippen molar-refractivity contribution in [2.75, 3.05) is 26.7 Å². The van der Waals surface area contributed by atoms with Crippen LogP contribution < -0.4 is 4.89 Å². The summed E-state index contributed by atoms with van der Waals surface area (Å²) in [5.41, 5.74) is 0.0654. The van der Waals surface area contributed by atoms with E-state index in [1.807, 2.05) is 0 Å². The van der Waals surface area contributed by atoms with Crippen LogP contribution in [0.25, 0.3) is 0 Å². The summed E-state index contributed by atoms with van der Waals surface area (Å²) in [5.74, 6) is -0.675. The van der Waals surface area contributed by atoms with Crippen molar-refractivity contribution < 1.29 is 23.2 Å². The molecule has 0 unspecified atom stereocenters. The molecule has 0 spiro atoms. The fourth-order valence-electron chi connectivity index (χ4n) is 2.01. The van der Waals surface area contributed by atoms with Crippen molar-refractivity contribution in [2.45, 2.75) is 4.90 Å². The van der Waals surface area contributed by atoms with E-state index in [9.17, 15) is 18.0 Å². The summed E-state index contributed by atoms with van der Waals surface area (Å²) < 4.78 is 23.3. The number of piperazine rings is 1. The maximum Gasteiger partial charge on any atom is 0.263 e. The topological polar surface area (TPSA) is 107 Å². The van der Waals surface area contributed by atoms with Gasteiger partial charge in [-0.1, -0.05) is 16.5 Å². The van der Waals surface area contributed by atoms with Gasteiger partial charge in [0.1, 0.15) is 11.4 Å². The summed E-state index contributed by atoms with van der Waals surface area (Å²) in [6.45, 7) is 0.684. The average Bonchev–Trinajstić information content (AvgIpc) is 2.49. The Hall–Kier alpha value is -1.68. The van der Waals surface area contributed by atoms with E-state index in [0.29, 0.717) is 13.1 Å². The molecule has 2 rings (SSSR count). The van der Waals surface area contributed by atoms with Gasteiger partial charge in [-0.25, -0.2) is 8.42 Å². The zero-order valence-corrected chi connectivity index (χ0v) is 13.2. The fourth-order valence-corrected chi connectivity index (χ4v) is 3.13. The number of sulfonamides is 1. The Morgan fingerprint density at radius 1 is 1.36 bits per heavy atom. The van der Waals surface area contributed by atoms with Gasteiger partial charge < -0.3 is 15.0 Å². The number of carbonyl (C=O) groups excluding carboxylic acids is 2. The molecule has 1 aromatic rings. The van der Waals surface area contributed by atoms with Crippen LogP contribution in [0.5, 0.6) is 0 Å². The van der Waals surface area contributed by atoms with Gasteiger partial charge in [0, 0.05) is 25.7 Å². The van der Waals surface area contributed by atoms with Crippen LogP contribution >= 0.6 is 11.6 Å². The van der Waals surface area contributed by atoms with Crippen LogP contribution in [0, 0.1) is 0 Å². The highest BCUT2D eigenvalue weighted by Gasteiger charge is 2.27. The maximum atomic E-state index is 12.4. The molecule has 1 heterocycles. The minimum atomic E-state index is -4.21. The number of hydrogen-bond donors (Lipinski definition) is 2. The number of likely N-dealkylation sites (N-methyl/N-ethyl adjacent to an activating group) is 1. The summed E-state index contributed by atoms with van der Waals surface area (Å²) in [6.07, 6.45) is 0. The lowest BCUT2D eigenvalue weighted by Crippen LogP contribution is -2.50. The highest BCUT2D eigenvalue weighted by Crippen LogP contribution is 2.23.